The van der Waals surface area contributed by atoms with Crippen molar-refractivity contribution in [2.75, 3.05) is 7.11 Å². The second kappa shape index (κ2) is 5.06. The molecule has 0 heterocycles. The number of carbonyl (C=O) groups is 1. The molecule has 5 heteroatoms. The first-order valence-corrected chi connectivity index (χ1v) is 4.56. The molecule has 84 valence electrons. The quantitative estimate of drug-likeness (QED) is 0.445. The van der Waals surface area contributed by atoms with E-state index in [1.165, 1.54) is 20.1 Å². The van der Waals surface area contributed by atoms with E-state index in [-0.39, 0.29) is 5.70 Å². The predicted octanol–water partition coefficient (Wildman–Crippen LogP) is 2.11. The van der Waals surface area contributed by atoms with Crippen LogP contribution >= 0.6 is 0 Å². The minimum atomic E-state index is -0.511. The average Bonchev–Trinajstić information content (AvgIpc) is 2.28. The van der Waals surface area contributed by atoms with Crippen molar-refractivity contribution in [3.63, 3.8) is 0 Å². The lowest BCUT2D eigenvalue weighted by molar-refractivity contribution is -0.422. The second-order valence-corrected chi connectivity index (χ2v) is 3.12. The molecule has 0 N–H and O–H groups in total. The van der Waals surface area contributed by atoms with Crippen LogP contribution in [0.5, 0.6) is 0 Å². The Kier molecular flexibility index (Phi) is 3.77. The Morgan fingerprint density at radius 2 is 2.06 bits per heavy atom. The lowest BCUT2D eigenvalue weighted by Gasteiger charge is -2.02. The van der Waals surface area contributed by atoms with Crippen LogP contribution in [0, 0.1) is 10.1 Å². The topological polar surface area (TPSA) is 69.4 Å². The number of methoxy groups -OCH3 is 1. The van der Waals surface area contributed by atoms with E-state index in [9.17, 15) is 14.9 Å². The zero-order valence-electron chi connectivity index (χ0n) is 8.97. The van der Waals surface area contributed by atoms with Crippen LogP contribution in [0.25, 0.3) is 6.08 Å². The maximum Gasteiger partial charge on any atom is 0.338 e. The normalized spacial score (nSPS) is 11.0. The van der Waals surface area contributed by atoms with Gasteiger partial charge in [-0.25, -0.2) is 4.79 Å². The first-order valence-electron chi connectivity index (χ1n) is 4.56. The minimum absolute atomic E-state index is 0.0312. The van der Waals surface area contributed by atoms with Gasteiger partial charge in [0.05, 0.1) is 17.6 Å². The molecule has 0 aliphatic carbocycles. The Hall–Kier alpha value is -2.17. The molecular formula is C11H11NO4. The van der Waals surface area contributed by atoms with Gasteiger partial charge in [-0.3, -0.25) is 10.1 Å². The zero-order valence-corrected chi connectivity index (χ0v) is 8.97. The fourth-order valence-electron chi connectivity index (χ4n) is 1.20. The molecular weight excluding hydrogens is 210 g/mol. The smallest absolute Gasteiger partial charge is 0.338 e. The molecule has 0 aliphatic heterocycles. The van der Waals surface area contributed by atoms with E-state index in [2.05, 4.69) is 4.74 Å². The summed E-state index contributed by atoms with van der Waals surface area (Å²) in [5.41, 5.74) is 0.756. The van der Waals surface area contributed by atoms with E-state index in [1.54, 1.807) is 24.3 Å². The van der Waals surface area contributed by atoms with Gasteiger partial charge < -0.3 is 4.74 Å². The van der Waals surface area contributed by atoms with Crippen molar-refractivity contribution < 1.29 is 14.5 Å². The van der Waals surface area contributed by atoms with E-state index in [0.717, 1.165) is 0 Å². The first-order chi connectivity index (χ1) is 7.56. The summed E-state index contributed by atoms with van der Waals surface area (Å²) in [6.45, 7) is 1.37. The Labute approximate surface area is 92.5 Å². The standard InChI is InChI=1S/C11H11NO4/c1-8(12(14)15)7-9-5-3-4-6-10(9)11(13)16-2/h3-7H,1-2H3. The number of benzene rings is 1. The molecule has 0 aromatic heterocycles. The zero-order chi connectivity index (χ0) is 12.1. The van der Waals surface area contributed by atoms with Crippen LogP contribution in [-0.2, 0) is 4.74 Å². The number of rotatable bonds is 3. The van der Waals surface area contributed by atoms with Crippen molar-refractivity contribution in [1.29, 1.82) is 0 Å². The van der Waals surface area contributed by atoms with Crippen molar-refractivity contribution in [3.05, 3.63) is 51.2 Å². The monoisotopic (exact) mass is 221 g/mol. The average molecular weight is 221 g/mol. The summed E-state index contributed by atoms with van der Waals surface area (Å²) in [5.74, 6) is -0.511. The minimum Gasteiger partial charge on any atom is -0.465 e. The highest BCUT2D eigenvalue weighted by atomic mass is 16.6. The molecule has 1 rings (SSSR count). The molecule has 0 radical (unpaired) electrons. The lowest BCUT2D eigenvalue weighted by atomic mass is 10.1. The summed E-state index contributed by atoms with van der Waals surface area (Å²) in [7, 11) is 1.27. The van der Waals surface area contributed by atoms with Crippen LogP contribution < -0.4 is 0 Å². The molecule has 1 aromatic carbocycles. The maximum absolute atomic E-state index is 11.4. The molecule has 0 saturated heterocycles. The molecule has 0 fully saturated rings. The van der Waals surface area contributed by atoms with Crippen LogP contribution in [0.4, 0.5) is 0 Å². The largest absolute Gasteiger partial charge is 0.465 e. The van der Waals surface area contributed by atoms with Gasteiger partial charge in [0.1, 0.15) is 0 Å². The highest BCUT2D eigenvalue weighted by Gasteiger charge is 2.11. The number of nitrogens with zero attached hydrogens (tertiary/aromatic N) is 1. The first kappa shape index (κ1) is 11.9. The van der Waals surface area contributed by atoms with E-state index in [0.29, 0.717) is 11.1 Å². The van der Waals surface area contributed by atoms with Gasteiger partial charge in [-0.2, -0.15) is 0 Å². The third-order valence-corrected chi connectivity index (χ3v) is 2.02. The van der Waals surface area contributed by atoms with E-state index in [4.69, 9.17) is 0 Å². The molecule has 0 atom stereocenters. The molecule has 0 amide bonds. The Morgan fingerprint density at radius 3 is 2.62 bits per heavy atom. The fourth-order valence-corrected chi connectivity index (χ4v) is 1.20. The van der Waals surface area contributed by atoms with Gasteiger partial charge in [0.15, 0.2) is 0 Å². The van der Waals surface area contributed by atoms with Gasteiger partial charge in [0.25, 0.3) is 0 Å². The molecule has 0 saturated carbocycles. The second-order valence-electron chi connectivity index (χ2n) is 3.12. The van der Waals surface area contributed by atoms with Gasteiger partial charge in [-0.15, -0.1) is 0 Å². The summed E-state index contributed by atoms with van der Waals surface area (Å²) in [5, 5.41) is 10.5. The molecule has 0 bridgehead atoms. The summed E-state index contributed by atoms with van der Waals surface area (Å²) >= 11 is 0. The summed E-state index contributed by atoms with van der Waals surface area (Å²) in [4.78, 5) is 21.3. The highest BCUT2D eigenvalue weighted by Crippen LogP contribution is 2.14. The van der Waals surface area contributed by atoms with E-state index in [1.807, 2.05) is 0 Å². The number of carbonyl (C=O) groups excluding carboxylic acids is 1. The van der Waals surface area contributed by atoms with Crippen molar-refractivity contribution >= 4 is 12.0 Å². The van der Waals surface area contributed by atoms with Gasteiger partial charge in [-0.05, 0) is 11.6 Å². The molecule has 0 unspecified atom stereocenters. The predicted molar refractivity (Wildman–Crippen MR) is 58.4 cm³/mol. The van der Waals surface area contributed by atoms with Crippen LogP contribution in [0.1, 0.15) is 22.8 Å². The van der Waals surface area contributed by atoms with Gasteiger partial charge in [0, 0.05) is 13.0 Å². The number of allylic oxidation sites excluding steroid dienone is 1. The van der Waals surface area contributed by atoms with E-state index >= 15 is 0 Å². The number of hydrogen-bond acceptors (Lipinski definition) is 4. The summed E-state index contributed by atoms with van der Waals surface area (Å²) in [6.07, 6.45) is 1.34. The number of esters is 1. The van der Waals surface area contributed by atoms with Crippen molar-refractivity contribution in [2.24, 2.45) is 0 Å². The van der Waals surface area contributed by atoms with Gasteiger partial charge in [0.2, 0.25) is 5.70 Å². The Balaban J connectivity index is 3.19. The summed E-state index contributed by atoms with van der Waals surface area (Å²) < 4.78 is 4.58. The summed E-state index contributed by atoms with van der Waals surface area (Å²) in [6, 6.07) is 6.56. The fraction of sp³-hybridized carbons (Fsp3) is 0.182. The molecule has 0 spiro atoms. The van der Waals surface area contributed by atoms with Crippen LogP contribution in [0.15, 0.2) is 30.0 Å². The highest BCUT2D eigenvalue weighted by molar-refractivity contribution is 5.93. The Bertz CT molecular complexity index is 451. The van der Waals surface area contributed by atoms with Crippen LogP contribution in [-0.4, -0.2) is 18.0 Å². The maximum atomic E-state index is 11.4. The third kappa shape index (κ3) is 2.66. The lowest BCUT2D eigenvalue weighted by Crippen LogP contribution is -2.04. The van der Waals surface area contributed by atoms with Crippen molar-refractivity contribution in [2.45, 2.75) is 6.92 Å². The van der Waals surface area contributed by atoms with Gasteiger partial charge in [-0.1, -0.05) is 18.2 Å². The van der Waals surface area contributed by atoms with Gasteiger partial charge >= 0.3 is 5.97 Å². The van der Waals surface area contributed by atoms with Crippen molar-refractivity contribution in [1.82, 2.24) is 0 Å². The third-order valence-electron chi connectivity index (χ3n) is 2.02. The van der Waals surface area contributed by atoms with Crippen LogP contribution in [0.3, 0.4) is 0 Å². The number of ether oxygens (including phenoxy) is 1. The molecule has 1 aromatic rings. The van der Waals surface area contributed by atoms with E-state index < -0.39 is 10.9 Å². The molecule has 0 aliphatic rings. The SMILES string of the molecule is COC(=O)c1ccccc1C=C(C)[N+](=O)[O-]. The molecule has 5 nitrogen and oxygen atoms in total. The Morgan fingerprint density at radius 1 is 1.44 bits per heavy atom. The molecule has 16 heavy (non-hydrogen) atoms. The number of nitro groups is 1. The van der Waals surface area contributed by atoms with Crippen molar-refractivity contribution in [3.8, 4) is 0 Å². The number of hydrogen-bond donors (Lipinski definition) is 0. The van der Waals surface area contributed by atoms with Crippen LogP contribution in [0.2, 0.25) is 0 Å².